The Labute approximate surface area is 86.5 Å². The van der Waals surface area contributed by atoms with E-state index >= 15 is 0 Å². The van der Waals surface area contributed by atoms with Crippen molar-refractivity contribution < 1.29 is 9.57 Å². The second kappa shape index (κ2) is 6.35. The molecule has 1 saturated heterocycles. The molecule has 0 aromatic heterocycles. The van der Waals surface area contributed by atoms with Gasteiger partial charge >= 0.3 is 0 Å². The topological polar surface area (TPSA) is 33.7 Å². The number of rotatable bonds is 5. The Morgan fingerprint density at radius 3 is 3.00 bits per heavy atom. The second-order valence-electron chi connectivity index (χ2n) is 4.31. The van der Waals surface area contributed by atoms with Crippen LogP contribution in [0.1, 0.15) is 13.8 Å². The van der Waals surface area contributed by atoms with E-state index in [1.54, 1.807) is 0 Å². The van der Waals surface area contributed by atoms with Crippen LogP contribution >= 0.6 is 0 Å². The molecule has 0 aromatic carbocycles. The molecule has 1 rings (SSSR count). The fourth-order valence-electron chi connectivity index (χ4n) is 1.37. The highest BCUT2D eigenvalue weighted by molar-refractivity contribution is 4.69. The van der Waals surface area contributed by atoms with E-state index in [1.165, 1.54) is 0 Å². The third kappa shape index (κ3) is 4.91. The molecule has 0 aliphatic carbocycles. The predicted molar refractivity (Wildman–Crippen MR) is 56.0 cm³/mol. The Kier molecular flexibility index (Phi) is 5.40. The van der Waals surface area contributed by atoms with Crippen LogP contribution in [0.2, 0.25) is 0 Å². The lowest BCUT2D eigenvalue weighted by atomic mass is 10.2. The molecule has 0 aromatic rings. The molecule has 1 aliphatic rings. The lowest BCUT2D eigenvalue weighted by Gasteiger charge is -2.30. The Hall–Kier alpha value is -0.160. The summed E-state index contributed by atoms with van der Waals surface area (Å²) < 4.78 is 5.57. The van der Waals surface area contributed by atoms with Gasteiger partial charge in [0, 0.05) is 19.6 Å². The molecule has 1 fully saturated rings. The lowest BCUT2D eigenvalue weighted by molar-refractivity contribution is -0.0546. The van der Waals surface area contributed by atoms with Gasteiger partial charge in [-0.05, 0) is 13.0 Å². The molecule has 0 radical (unpaired) electrons. The fraction of sp³-hybridized carbons (Fsp3) is 1.00. The summed E-state index contributed by atoms with van der Waals surface area (Å²) in [4.78, 5) is 7.56. The van der Waals surface area contributed by atoms with Crippen LogP contribution in [0.15, 0.2) is 0 Å². The maximum Gasteiger partial charge on any atom is 0.0849 e. The van der Waals surface area contributed by atoms with Crippen LogP contribution in [-0.4, -0.2) is 50.9 Å². The Morgan fingerprint density at radius 2 is 2.36 bits per heavy atom. The Balaban J connectivity index is 2.00. The molecular weight excluding hydrogens is 180 g/mol. The smallest absolute Gasteiger partial charge is 0.0849 e. The number of ether oxygens (including phenoxy) is 1. The van der Waals surface area contributed by atoms with Crippen molar-refractivity contribution in [2.45, 2.75) is 20.0 Å². The third-order valence-corrected chi connectivity index (χ3v) is 2.17. The van der Waals surface area contributed by atoms with Crippen LogP contribution in [0.4, 0.5) is 0 Å². The molecule has 4 heteroatoms. The fourth-order valence-corrected chi connectivity index (χ4v) is 1.37. The zero-order valence-electron chi connectivity index (χ0n) is 9.45. The van der Waals surface area contributed by atoms with Gasteiger partial charge in [-0.1, -0.05) is 13.8 Å². The first-order valence-corrected chi connectivity index (χ1v) is 5.33. The van der Waals surface area contributed by atoms with Gasteiger partial charge < -0.3 is 14.5 Å². The molecule has 1 N–H and O–H groups in total. The first-order valence-electron chi connectivity index (χ1n) is 5.33. The molecule has 0 bridgehead atoms. The van der Waals surface area contributed by atoms with Gasteiger partial charge in [0.2, 0.25) is 0 Å². The van der Waals surface area contributed by atoms with E-state index < -0.39 is 0 Å². The van der Waals surface area contributed by atoms with Crippen LogP contribution in [0, 0.1) is 5.92 Å². The van der Waals surface area contributed by atoms with Gasteiger partial charge in [0.15, 0.2) is 0 Å². The first kappa shape index (κ1) is 11.9. The zero-order chi connectivity index (χ0) is 10.4. The van der Waals surface area contributed by atoms with E-state index in [4.69, 9.17) is 9.57 Å². The quantitative estimate of drug-likeness (QED) is 0.520. The second-order valence-corrected chi connectivity index (χ2v) is 4.31. The van der Waals surface area contributed by atoms with Gasteiger partial charge in [-0.15, -0.1) is 0 Å². The summed E-state index contributed by atoms with van der Waals surface area (Å²) in [6, 6.07) is 0. The molecule has 1 heterocycles. The number of nitrogens with one attached hydrogen (secondary N) is 1. The molecule has 1 unspecified atom stereocenters. The summed E-state index contributed by atoms with van der Waals surface area (Å²) in [5.41, 5.74) is 2.96. The lowest BCUT2D eigenvalue weighted by Crippen LogP contribution is -2.44. The number of likely N-dealkylation sites (N-methyl/N-ethyl adjacent to an activating group) is 1. The molecule has 1 atom stereocenters. The van der Waals surface area contributed by atoms with Crippen molar-refractivity contribution in [3.63, 3.8) is 0 Å². The third-order valence-electron chi connectivity index (χ3n) is 2.17. The van der Waals surface area contributed by atoms with Crippen molar-refractivity contribution >= 4 is 0 Å². The number of hydrogen-bond donors (Lipinski definition) is 1. The van der Waals surface area contributed by atoms with Crippen LogP contribution in [0.3, 0.4) is 0 Å². The summed E-state index contributed by atoms with van der Waals surface area (Å²) in [6.07, 6.45) is 0.265. The number of hydrogen-bond acceptors (Lipinski definition) is 4. The molecule has 84 valence electrons. The molecule has 0 spiro atoms. The molecular formula is C10H22N2O2. The van der Waals surface area contributed by atoms with Crippen LogP contribution in [0.25, 0.3) is 0 Å². The summed E-state index contributed by atoms with van der Waals surface area (Å²) in [5, 5.41) is 0. The van der Waals surface area contributed by atoms with E-state index in [9.17, 15) is 0 Å². The highest BCUT2D eigenvalue weighted by atomic mass is 16.6. The number of hydroxylamine groups is 1. The molecule has 4 nitrogen and oxygen atoms in total. The van der Waals surface area contributed by atoms with Crippen molar-refractivity contribution in [1.29, 1.82) is 0 Å². The van der Waals surface area contributed by atoms with Gasteiger partial charge in [0.1, 0.15) is 0 Å². The summed E-state index contributed by atoms with van der Waals surface area (Å²) in [7, 11) is 2.12. The average molecular weight is 202 g/mol. The van der Waals surface area contributed by atoms with Crippen molar-refractivity contribution in [3.8, 4) is 0 Å². The van der Waals surface area contributed by atoms with Gasteiger partial charge in [-0.3, -0.25) is 0 Å². The van der Waals surface area contributed by atoms with E-state index in [-0.39, 0.29) is 6.10 Å². The van der Waals surface area contributed by atoms with Gasteiger partial charge in [-0.2, -0.15) is 5.48 Å². The minimum atomic E-state index is 0.265. The van der Waals surface area contributed by atoms with Crippen molar-refractivity contribution in [2.75, 3.05) is 39.9 Å². The summed E-state index contributed by atoms with van der Waals surface area (Å²) >= 11 is 0. The highest BCUT2D eigenvalue weighted by Crippen LogP contribution is 2.01. The number of morpholine rings is 1. The molecule has 0 saturated carbocycles. The van der Waals surface area contributed by atoms with Crippen molar-refractivity contribution in [1.82, 2.24) is 10.4 Å². The Bertz CT molecular complexity index is 153. The zero-order valence-corrected chi connectivity index (χ0v) is 9.45. The highest BCUT2D eigenvalue weighted by Gasteiger charge is 2.16. The Morgan fingerprint density at radius 1 is 1.57 bits per heavy atom. The van der Waals surface area contributed by atoms with E-state index in [0.717, 1.165) is 32.8 Å². The van der Waals surface area contributed by atoms with Gasteiger partial charge in [0.05, 0.1) is 19.3 Å². The van der Waals surface area contributed by atoms with Crippen molar-refractivity contribution in [2.24, 2.45) is 5.92 Å². The van der Waals surface area contributed by atoms with Crippen LogP contribution in [-0.2, 0) is 9.57 Å². The summed E-state index contributed by atoms with van der Waals surface area (Å²) in [5.74, 6) is 0.567. The van der Waals surface area contributed by atoms with Gasteiger partial charge in [0.25, 0.3) is 0 Å². The monoisotopic (exact) mass is 202 g/mol. The molecule has 14 heavy (non-hydrogen) atoms. The molecule has 1 aliphatic heterocycles. The largest absolute Gasteiger partial charge is 0.374 e. The summed E-state index contributed by atoms with van der Waals surface area (Å²) in [6.45, 7) is 8.63. The normalized spacial score (nSPS) is 24.4. The van der Waals surface area contributed by atoms with Crippen molar-refractivity contribution in [3.05, 3.63) is 0 Å². The molecule has 0 amide bonds. The number of nitrogens with zero attached hydrogens (tertiary/aromatic N) is 1. The predicted octanol–water partition coefficient (Wildman–Crippen LogP) is 0.494. The minimum absolute atomic E-state index is 0.265. The first-order chi connectivity index (χ1) is 6.68. The maximum atomic E-state index is 5.57. The maximum absolute atomic E-state index is 5.57. The van der Waals surface area contributed by atoms with E-state index in [2.05, 4.69) is 31.3 Å². The van der Waals surface area contributed by atoms with Crippen LogP contribution in [0.5, 0.6) is 0 Å². The standard InChI is InChI=1S/C10H22N2O2/c1-9(2)8-14-11-6-10-7-12(3)4-5-13-10/h9-11H,4-8H2,1-3H3. The van der Waals surface area contributed by atoms with Crippen LogP contribution < -0.4 is 5.48 Å². The average Bonchev–Trinajstić information content (AvgIpc) is 2.12. The van der Waals surface area contributed by atoms with E-state index in [0.29, 0.717) is 5.92 Å². The minimum Gasteiger partial charge on any atom is -0.374 e. The van der Waals surface area contributed by atoms with Gasteiger partial charge in [-0.25, -0.2) is 0 Å². The van der Waals surface area contributed by atoms with E-state index in [1.807, 2.05) is 0 Å². The SMILES string of the molecule is CC(C)CONCC1CN(C)CCO1.